The summed E-state index contributed by atoms with van der Waals surface area (Å²) in [6.45, 7) is 4.82. The van der Waals surface area contributed by atoms with Gasteiger partial charge in [-0.3, -0.25) is 9.80 Å². The Morgan fingerprint density at radius 2 is 1.51 bits per heavy atom. The van der Waals surface area contributed by atoms with E-state index in [0.717, 1.165) is 50.4 Å². The zero-order chi connectivity index (χ0) is 25.0. The largest absolute Gasteiger partial charge is 0.478 e. The molecule has 35 heavy (non-hydrogen) atoms. The molecule has 9 nitrogen and oxygen atoms in total. The van der Waals surface area contributed by atoms with Gasteiger partial charge in [0.15, 0.2) is 0 Å². The molecule has 2 fully saturated rings. The summed E-state index contributed by atoms with van der Waals surface area (Å²) in [6, 6.07) is 20.4. The summed E-state index contributed by atoms with van der Waals surface area (Å²) in [6.07, 6.45) is 1.77. The Balaban J connectivity index is 0.000000371. The molecule has 0 aromatic heterocycles. The highest BCUT2D eigenvalue weighted by Gasteiger charge is 2.39. The SMILES string of the molecule is O=C(O)/C=C/C(=O)O.O=C1OCC(c2ccccc2)N1C(CCN1CCOCC1)c1ccccc1. The van der Waals surface area contributed by atoms with Gasteiger partial charge in [0.25, 0.3) is 0 Å². The predicted octanol–water partition coefficient (Wildman–Crippen LogP) is 3.36. The van der Waals surface area contributed by atoms with E-state index in [-0.39, 0.29) is 18.2 Å². The van der Waals surface area contributed by atoms with Crippen LogP contribution in [0, 0.1) is 0 Å². The molecule has 0 radical (unpaired) electrons. The first-order valence-corrected chi connectivity index (χ1v) is 11.4. The number of morpholine rings is 1. The van der Waals surface area contributed by atoms with Crippen molar-refractivity contribution in [1.82, 2.24) is 9.80 Å². The number of benzene rings is 2. The highest BCUT2D eigenvalue weighted by Crippen LogP contribution is 2.37. The van der Waals surface area contributed by atoms with Crippen molar-refractivity contribution >= 4 is 18.0 Å². The van der Waals surface area contributed by atoms with Gasteiger partial charge in [0, 0.05) is 31.8 Å². The van der Waals surface area contributed by atoms with Gasteiger partial charge < -0.3 is 19.7 Å². The number of carboxylic acids is 2. The Morgan fingerprint density at radius 3 is 2.09 bits per heavy atom. The number of ether oxygens (including phenoxy) is 2. The molecule has 0 spiro atoms. The molecule has 2 saturated heterocycles. The van der Waals surface area contributed by atoms with Gasteiger partial charge in [-0.05, 0) is 17.5 Å². The standard InChI is InChI=1S/C22H26N2O3.C4H4O4/c25-22-24(21(17-27-22)19-9-5-2-6-10-19)20(18-7-3-1-4-8-18)11-12-23-13-15-26-16-14-23;5-3(6)1-2-4(7)8/h1-10,20-21H,11-17H2;1-2H,(H,5,6)(H,7,8)/b;2-1+. The number of amides is 1. The quantitative estimate of drug-likeness (QED) is 0.550. The van der Waals surface area contributed by atoms with Gasteiger partial charge in [0.2, 0.25) is 0 Å². The van der Waals surface area contributed by atoms with Gasteiger partial charge in [-0.15, -0.1) is 0 Å². The third-order valence-electron chi connectivity index (χ3n) is 5.81. The van der Waals surface area contributed by atoms with Crippen LogP contribution in [0.3, 0.4) is 0 Å². The summed E-state index contributed by atoms with van der Waals surface area (Å²) in [5.41, 5.74) is 2.28. The van der Waals surface area contributed by atoms with E-state index in [9.17, 15) is 14.4 Å². The lowest BCUT2D eigenvalue weighted by Crippen LogP contribution is -2.39. The molecule has 2 aromatic carbocycles. The zero-order valence-electron chi connectivity index (χ0n) is 19.4. The molecule has 9 heteroatoms. The van der Waals surface area contributed by atoms with Crippen LogP contribution >= 0.6 is 0 Å². The van der Waals surface area contributed by atoms with Gasteiger partial charge in [-0.1, -0.05) is 60.7 Å². The van der Waals surface area contributed by atoms with E-state index in [2.05, 4.69) is 29.2 Å². The number of rotatable bonds is 8. The van der Waals surface area contributed by atoms with Crippen molar-refractivity contribution < 1.29 is 34.1 Å². The number of hydrogen-bond donors (Lipinski definition) is 2. The van der Waals surface area contributed by atoms with Crippen LogP contribution < -0.4 is 0 Å². The zero-order valence-corrected chi connectivity index (χ0v) is 19.4. The number of nitrogens with zero attached hydrogens (tertiary/aromatic N) is 2. The predicted molar refractivity (Wildman–Crippen MR) is 128 cm³/mol. The second kappa shape index (κ2) is 13.3. The molecule has 2 aliphatic heterocycles. The summed E-state index contributed by atoms with van der Waals surface area (Å²) in [5, 5.41) is 15.6. The molecule has 2 atom stereocenters. The van der Waals surface area contributed by atoms with Crippen molar-refractivity contribution in [3.8, 4) is 0 Å². The number of carbonyl (C=O) groups is 3. The van der Waals surface area contributed by atoms with Crippen molar-refractivity contribution in [1.29, 1.82) is 0 Å². The average Bonchev–Trinajstić information content (AvgIpc) is 3.26. The minimum absolute atomic E-state index is 0.00532. The van der Waals surface area contributed by atoms with Gasteiger partial charge in [0.1, 0.15) is 6.61 Å². The van der Waals surface area contributed by atoms with Gasteiger partial charge in [-0.2, -0.15) is 0 Å². The fourth-order valence-corrected chi connectivity index (χ4v) is 4.12. The average molecular weight is 483 g/mol. The van der Waals surface area contributed by atoms with Crippen molar-refractivity contribution in [3.63, 3.8) is 0 Å². The van der Waals surface area contributed by atoms with Crippen LogP contribution in [0.4, 0.5) is 4.79 Å². The molecule has 0 aliphatic carbocycles. The maximum atomic E-state index is 12.7. The number of hydrogen-bond acceptors (Lipinski definition) is 6. The molecular weight excluding hydrogens is 452 g/mol. The summed E-state index contributed by atoms with van der Waals surface area (Å²) in [4.78, 5) is 36.2. The Morgan fingerprint density at radius 1 is 0.943 bits per heavy atom. The van der Waals surface area contributed by atoms with E-state index in [4.69, 9.17) is 19.7 Å². The van der Waals surface area contributed by atoms with E-state index in [1.54, 1.807) is 0 Å². The Kier molecular flexibility index (Phi) is 9.82. The van der Waals surface area contributed by atoms with Gasteiger partial charge in [-0.25, -0.2) is 14.4 Å². The number of cyclic esters (lactones) is 1. The van der Waals surface area contributed by atoms with Gasteiger partial charge in [0.05, 0.1) is 25.3 Å². The first kappa shape index (κ1) is 25.9. The van der Waals surface area contributed by atoms with Crippen molar-refractivity contribution in [2.45, 2.75) is 18.5 Å². The highest BCUT2D eigenvalue weighted by molar-refractivity contribution is 5.89. The summed E-state index contributed by atoms with van der Waals surface area (Å²) >= 11 is 0. The molecule has 0 bridgehead atoms. The lowest BCUT2D eigenvalue weighted by Gasteiger charge is -2.34. The van der Waals surface area contributed by atoms with E-state index < -0.39 is 11.9 Å². The normalized spacial score (nSPS) is 19.0. The first-order chi connectivity index (χ1) is 17.0. The minimum Gasteiger partial charge on any atom is -0.478 e. The Hall–Kier alpha value is -3.69. The van der Waals surface area contributed by atoms with E-state index in [1.165, 1.54) is 0 Å². The molecule has 2 aliphatic rings. The monoisotopic (exact) mass is 482 g/mol. The van der Waals surface area contributed by atoms with Crippen molar-refractivity contribution in [3.05, 3.63) is 83.9 Å². The van der Waals surface area contributed by atoms with Crippen LogP contribution in [0.1, 0.15) is 29.6 Å². The molecule has 2 aromatic rings. The van der Waals surface area contributed by atoms with Crippen LogP contribution in [0.25, 0.3) is 0 Å². The van der Waals surface area contributed by atoms with Crippen LogP contribution in [-0.4, -0.2) is 77.5 Å². The number of carbonyl (C=O) groups excluding carboxylic acids is 1. The lowest BCUT2D eigenvalue weighted by molar-refractivity contribution is -0.134. The Bertz CT molecular complexity index is 975. The third-order valence-corrected chi connectivity index (χ3v) is 5.81. The second-order valence-corrected chi connectivity index (χ2v) is 8.09. The Labute approximate surface area is 204 Å². The van der Waals surface area contributed by atoms with Crippen molar-refractivity contribution in [2.24, 2.45) is 0 Å². The highest BCUT2D eigenvalue weighted by atomic mass is 16.6. The molecule has 2 unspecified atom stereocenters. The van der Waals surface area contributed by atoms with Crippen molar-refractivity contribution in [2.75, 3.05) is 39.5 Å². The summed E-state index contributed by atoms with van der Waals surface area (Å²) in [7, 11) is 0. The molecule has 186 valence electrons. The molecule has 1 amide bonds. The summed E-state index contributed by atoms with van der Waals surface area (Å²) < 4.78 is 10.9. The summed E-state index contributed by atoms with van der Waals surface area (Å²) in [5.74, 6) is -2.51. The fourth-order valence-electron chi connectivity index (χ4n) is 4.12. The molecule has 0 saturated carbocycles. The lowest BCUT2D eigenvalue weighted by atomic mass is 9.98. The second-order valence-electron chi connectivity index (χ2n) is 8.09. The van der Waals surface area contributed by atoms with E-state index >= 15 is 0 Å². The topological polar surface area (TPSA) is 117 Å². The van der Waals surface area contributed by atoms with Crippen LogP contribution in [0.2, 0.25) is 0 Å². The smallest absolute Gasteiger partial charge is 0.411 e. The third kappa shape index (κ3) is 7.94. The van der Waals surface area contributed by atoms with E-state index in [0.29, 0.717) is 18.8 Å². The van der Waals surface area contributed by atoms with Gasteiger partial charge >= 0.3 is 18.0 Å². The minimum atomic E-state index is -1.26. The molecular formula is C26H30N2O7. The van der Waals surface area contributed by atoms with Crippen LogP contribution in [0.5, 0.6) is 0 Å². The van der Waals surface area contributed by atoms with Crippen LogP contribution in [0.15, 0.2) is 72.8 Å². The fraction of sp³-hybridized carbons (Fsp3) is 0.346. The molecule has 2 heterocycles. The maximum absolute atomic E-state index is 12.7. The molecule has 4 rings (SSSR count). The van der Waals surface area contributed by atoms with E-state index in [1.807, 2.05) is 41.3 Å². The first-order valence-electron chi connectivity index (χ1n) is 11.4. The maximum Gasteiger partial charge on any atom is 0.411 e. The number of aliphatic carboxylic acids is 2. The number of carboxylic acid groups (broad SMARTS) is 2. The molecule has 2 N–H and O–H groups in total. The van der Waals surface area contributed by atoms with Crippen LogP contribution in [-0.2, 0) is 19.1 Å².